The Labute approximate surface area is 155 Å². The van der Waals surface area contributed by atoms with Crippen LogP contribution in [0.2, 0.25) is 0 Å². The number of hydrogen-bond acceptors (Lipinski definition) is 4. The average molecular weight is 358 g/mol. The lowest BCUT2D eigenvalue weighted by atomic mass is 9.87. The van der Waals surface area contributed by atoms with Gasteiger partial charge in [-0.3, -0.25) is 4.79 Å². The van der Waals surface area contributed by atoms with Crippen LogP contribution >= 0.6 is 0 Å². The van der Waals surface area contributed by atoms with Crippen LogP contribution in [-0.2, 0) is 10.3 Å². The molecule has 2 aliphatic heterocycles. The molecule has 2 heterocycles. The van der Waals surface area contributed by atoms with Gasteiger partial charge in [0.2, 0.25) is 5.91 Å². The number of nitrogens with one attached hydrogen (secondary N) is 2. The van der Waals surface area contributed by atoms with E-state index in [2.05, 4.69) is 22.8 Å². The van der Waals surface area contributed by atoms with Crippen molar-refractivity contribution < 1.29 is 14.3 Å². The quantitative estimate of drug-likeness (QED) is 0.849. The molecule has 0 atom stereocenters. The zero-order valence-electron chi connectivity index (χ0n) is 15.5. The molecule has 0 aromatic heterocycles. The molecule has 2 N–H and O–H groups in total. The largest absolute Gasteiger partial charge is 0.486 e. The Morgan fingerprint density at radius 3 is 2.62 bits per heavy atom. The van der Waals surface area contributed by atoms with Gasteiger partial charge in [0.1, 0.15) is 13.2 Å². The van der Waals surface area contributed by atoms with Crippen molar-refractivity contribution >= 4 is 5.91 Å². The number of carbonyl (C=O) groups is 1. The molecular weight excluding hydrogens is 328 g/mol. The zero-order valence-corrected chi connectivity index (χ0v) is 15.5. The van der Waals surface area contributed by atoms with Crippen molar-refractivity contribution in [3.8, 4) is 11.5 Å². The molecule has 1 aromatic carbocycles. The van der Waals surface area contributed by atoms with Crippen molar-refractivity contribution in [3.05, 3.63) is 23.8 Å². The Hall–Kier alpha value is -1.75. The summed E-state index contributed by atoms with van der Waals surface area (Å²) in [4.78, 5) is 12.7. The molecule has 4 rings (SSSR count). The van der Waals surface area contributed by atoms with Crippen LogP contribution in [0.3, 0.4) is 0 Å². The molecule has 1 saturated heterocycles. The summed E-state index contributed by atoms with van der Waals surface area (Å²) in [5, 5.41) is 6.80. The minimum absolute atomic E-state index is 0.195. The summed E-state index contributed by atoms with van der Waals surface area (Å²) < 4.78 is 11.4. The molecule has 3 aliphatic rings. The molecule has 1 amide bonds. The number of benzene rings is 1. The van der Waals surface area contributed by atoms with E-state index in [1.54, 1.807) is 0 Å². The fourth-order valence-electron chi connectivity index (χ4n) is 4.64. The van der Waals surface area contributed by atoms with Gasteiger partial charge in [-0.05, 0) is 68.8 Å². The van der Waals surface area contributed by atoms with Gasteiger partial charge in [0.05, 0.1) is 5.54 Å². The Morgan fingerprint density at radius 1 is 1.12 bits per heavy atom. The summed E-state index contributed by atoms with van der Waals surface area (Å²) in [6, 6.07) is 6.17. The van der Waals surface area contributed by atoms with E-state index in [-0.39, 0.29) is 11.4 Å². The fraction of sp³-hybridized carbons (Fsp3) is 0.667. The number of amides is 1. The highest BCUT2D eigenvalue weighted by Crippen LogP contribution is 2.42. The summed E-state index contributed by atoms with van der Waals surface area (Å²) in [7, 11) is 0. The van der Waals surface area contributed by atoms with Crippen molar-refractivity contribution in [1.29, 1.82) is 0 Å². The molecule has 2 fully saturated rings. The van der Waals surface area contributed by atoms with E-state index in [0.29, 0.717) is 25.6 Å². The molecule has 1 aliphatic carbocycles. The maximum Gasteiger partial charge on any atom is 0.220 e. The van der Waals surface area contributed by atoms with Crippen LogP contribution in [0, 0.1) is 5.92 Å². The highest BCUT2D eigenvalue weighted by atomic mass is 16.6. The van der Waals surface area contributed by atoms with E-state index in [9.17, 15) is 4.79 Å². The highest BCUT2D eigenvalue weighted by Gasteiger charge is 2.37. The number of rotatable bonds is 5. The lowest BCUT2D eigenvalue weighted by Crippen LogP contribution is -2.44. The summed E-state index contributed by atoms with van der Waals surface area (Å²) in [6.07, 6.45) is 8.35. The van der Waals surface area contributed by atoms with E-state index in [1.807, 2.05) is 6.07 Å². The zero-order chi connectivity index (χ0) is 17.8. The van der Waals surface area contributed by atoms with Crippen LogP contribution in [-0.4, -0.2) is 32.2 Å². The van der Waals surface area contributed by atoms with Gasteiger partial charge < -0.3 is 20.1 Å². The lowest BCUT2D eigenvalue weighted by molar-refractivity contribution is -0.123. The Bertz CT molecular complexity index is 634. The highest BCUT2D eigenvalue weighted by molar-refractivity contribution is 5.77. The number of piperidine rings is 1. The molecule has 0 unspecified atom stereocenters. The van der Waals surface area contributed by atoms with Crippen LogP contribution in [0.4, 0.5) is 0 Å². The second-order valence-corrected chi connectivity index (χ2v) is 7.93. The lowest BCUT2D eigenvalue weighted by Gasteiger charge is -2.32. The SMILES string of the molecule is O=C(CCC1CCNCC1)NC1(c2ccc3c(c2)OCCO3)CCCC1. The van der Waals surface area contributed by atoms with Gasteiger partial charge in [0.25, 0.3) is 0 Å². The summed E-state index contributed by atoms with van der Waals surface area (Å²) in [5.74, 6) is 2.51. The van der Waals surface area contributed by atoms with Crippen molar-refractivity contribution in [1.82, 2.24) is 10.6 Å². The molecule has 5 heteroatoms. The first kappa shape index (κ1) is 17.7. The minimum Gasteiger partial charge on any atom is -0.486 e. The molecule has 1 aromatic rings. The number of hydrogen-bond donors (Lipinski definition) is 2. The second kappa shape index (κ2) is 7.87. The third-order valence-electron chi connectivity index (χ3n) is 6.17. The molecule has 5 nitrogen and oxygen atoms in total. The van der Waals surface area contributed by atoms with Crippen molar-refractivity contribution in [2.24, 2.45) is 5.92 Å². The van der Waals surface area contributed by atoms with E-state index < -0.39 is 0 Å². The monoisotopic (exact) mass is 358 g/mol. The molecule has 0 spiro atoms. The standard InChI is InChI=1S/C21H30N2O3/c24-20(6-3-16-7-11-22-12-8-16)23-21(9-1-2-10-21)17-4-5-18-19(15-17)26-14-13-25-18/h4-5,15-16,22H,1-3,6-14H2,(H,23,24). The van der Waals surface area contributed by atoms with Crippen LogP contribution in [0.1, 0.15) is 56.9 Å². The summed E-state index contributed by atoms with van der Waals surface area (Å²) >= 11 is 0. The number of fused-ring (bicyclic) bond motifs is 1. The van der Waals surface area contributed by atoms with Crippen LogP contribution in [0.15, 0.2) is 18.2 Å². The molecule has 1 saturated carbocycles. The normalized spacial score (nSPS) is 22.2. The van der Waals surface area contributed by atoms with E-state index >= 15 is 0 Å². The van der Waals surface area contributed by atoms with Crippen LogP contribution < -0.4 is 20.1 Å². The topological polar surface area (TPSA) is 59.6 Å². The van der Waals surface area contributed by atoms with Gasteiger partial charge in [0.15, 0.2) is 11.5 Å². The smallest absolute Gasteiger partial charge is 0.220 e. The van der Waals surface area contributed by atoms with E-state index in [1.165, 1.54) is 12.8 Å². The van der Waals surface area contributed by atoms with Crippen LogP contribution in [0.5, 0.6) is 11.5 Å². The Balaban J connectivity index is 1.43. The van der Waals surface area contributed by atoms with Gasteiger partial charge in [-0.1, -0.05) is 18.9 Å². The molecule has 0 radical (unpaired) electrons. The summed E-state index contributed by atoms with van der Waals surface area (Å²) in [5.41, 5.74) is 0.926. The fourth-order valence-corrected chi connectivity index (χ4v) is 4.64. The molecular formula is C21H30N2O3. The van der Waals surface area contributed by atoms with E-state index in [4.69, 9.17) is 9.47 Å². The van der Waals surface area contributed by atoms with E-state index in [0.717, 1.165) is 62.3 Å². The molecule has 0 bridgehead atoms. The Morgan fingerprint density at radius 2 is 1.85 bits per heavy atom. The first-order valence-corrected chi connectivity index (χ1v) is 10.2. The van der Waals surface area contributed by atoms with Crippen molar-refractivity contribution in [2.45, 2.75) is 56.9 Å². The Kier molecular flexibility index (Phi) is 5.34. The van der Waals surface area contributed by atoms with Gasteiger partial charge in [0, 0.05) is 6.42 Å². The molecule has 142 valence electrons. The van der Waals surface area contributed by atoms with Gasteiger partial charge >= 0.3 is 0 Å². The van der Waals surface area contributed by atoms with Crippen molar-refractivity contribution in [2.75, 3.05) is 26.3 Å². The maximum absolute atomic E-state index is 12.7. The number of carbonyl (C=O) groups excluding carboxylic acids is 1. The maximum atomic E-state index is 12.7. The van der Waals surface area contributed by atoms with Crippen LogP contribution in [0.25, 0.3) is 0 Å². The van der Waals surface area contributed by atoms with Gasteiger partial charge in [-0.15, -0.1) is 0 Å². The van der Waals surface area contributed by atoms with Gasteiger partial charge in [-0.2, -0.15) is 0 Å². The van der Waals surface area contributed by atoms with Gasteiger partial charge in [-0.25, -0.2) is 0 Å². The summed E-state index contributed by atoms with van der Waals surface area (Å²) in [6.45, 7) is 3.37. The first-order valence-electron chi connectivity index (χ1n) is 10.2. The predicted octanol–water partition coefficient (Wildman–Crippen LogP) is 3.12. The van der Waals surface area contributed by atoms with Crippen molar-refractivity contribution in [3.63, 3.8) is 0 Å². The minimum atomic E-state index is -0.235. The predicted molar refractivity (Wildman–Crippen MR) is 101 cm³/mol. The third-order valence-corrected chi connectivity index (χ3v) is 6.17. The first-order chi connectivity index (χ1) is 12.8. The second-order valence-electron chi connectivity index (χ2n) is 7.93. The number of ether oxygens (including phenoxy) is 2. The average Bonchev–Trinajstić information content (AvgIpc) is 3.16. The third kappa shape index (κ3) is 3.83. The molecule has 26 heavy (non-hydrogen) atoms.